The lowest BCUT2D eigenvalue weighted by molar-refractivity contribution is 0.563. The molecule has 0 aromatic rings. The van der Waals surface area contributed by atoms with Crippen LogP contribution in [-0.2, 0) is 0 Å². The monoisotopic (exact) mass is 165 g/mol. The second kappa shape index (κ2) is 5.02. The highest BCUT2D eigenvalue weighted by molar-refractivity contribution is 5.20. The Hall–Kier alpha value is -0.720. The summed E-state index contributed by atoms with van der Waals surface area (Å²) >= 11 is 0. The SMILES string of the molecule is CCCC(C)NC1=CCCC=C1. The summed E-state index contributed by atoms with van der Waals surface area (Å²) in [4.78, 5) is 0. The van der Waals surface area contributed by atoms with E-state index in [9.17, 15) is 0 Å². The van der Waals surface area contributed by atoms with Gasteiger partial charge in [-0.05, 0) is 32.3 Å². The molecule has 0 spiro atoms. The highest BCUT2D eigenvalue weighted by Gasteiger charge is 2.01. The number of nitrogens with one attached hydrogen (secondary N) is 1. The second-order valence-corrected chi connectivity index (χ2v) is 3.47. The van der Waals surface area contributed by atoms with Crippen molar-refractivity contribution >= 4 is 0 Å². The zero-order valence-corrected chi connectivity index (χ0v) is 8.14. The highest BCUT2D eigenvalue weighted by Crippen LogP contribution is 2.08. The lowest BCUT2D eigenvalue weighted by atomic mass is 10.1. The van der Waals surface area contributed by atoms with Gasteiger partial charge in [-0.1, -0.05) is 25.5 Å². The van der Waals surface area contributed by atoms with Crippen LogP contribution in [-0.4, -0.2) is 6.04 Å². The maximum Gasteiger partial charge on any atom is 0.0298 e. The van der Waals surface area contributed by atoms with Crippen molar-refractivity contribution in [2.24, 2.45) is 0 Å². The first-order chi connectivity index (χ1) is 5.83. The molecule has 0 bridgehead atoms. The summed E-state index contributed by atoms with van der Waals surface area (Å²) in [5, 5.41) is 3.49. The molecule has 68 valence electrons. The Morgan fingerprint density at radius 2 is 2.33 bits per heavy atom. The molecule has 0 radical (unpaired) electrons. The third-order valence-corrected chi connectivity index (χ3v) is 2.13. The molecule has 0 fully saturated rings. The van der Waals surface area contributed by atoms with Crippen LogP contribution in [0.1, 0.15) is 39.5 Å². The summed E-state index contributed by atoms with van der Waals surface area (Å²) in [5.41, 5.74) is 1.31. The molecule has 0 saturated heterocycles. The highest BCUT2D eigenvalue weighted by atomic mass is 14.9. The largest absolute Gasteiger partial charge is 0.383 e. The summed E-state index contributed by atoms with van der Waals surface area (Å²) < 4.78 is 0. The normalized spacial score (nSPS) is 18.7. The van der Waals surface area contributed by atoms with Crippen LogP contribution >= 0.6 is 0 Å². The molecule has 0 amide bonds. The quantitative estimate of drug-likeness (QED) is 0.675. The molecular formula is C11H19N. The Balaban J connectivity index is 2.29. The van der Waals surface area contributed by atoms with Crippen molar-refractivity contribution in [2.75, 3.05) is 0 Å². The van der Waals surface area contributed by atoms with Gasteiger partial charge in [-0.3, -0.25) is 0 Å². The molecule has 0 heterocycles. The van der Waals surface area contributed by atoms with Crippen molar-refractivity contribution in [3.05, 3.63) is 23.9 Å². The van der Waals surface area contributed by atoms with Crippen molar-refractivity contribution in [3.8, 4) is 0 Å². The summed E-state index contributed by atoms with van der Waals surface area (Å²) in [6.07, 6.45) is 11.6. The van der Waals surface area contributed by atoms with Gasteiger partial charge in [-0.15, -0.1) is 0 Å². The number of rotatable bonds is 4. The van der Waals surface area contributed by atoms with Gasteiger partial charge in [0.1, 0.15) is 0 Å². The molecule has 1 atom stereocenters. The van der Waals surface area contributed by atoms with Crippen molar-refractivity contribution in [2.45, 2.75) is 45.6 Å². The Labute approximate surface area is 75.6 Å². The first kappa shape index (κ1) is 9.37. The van der Waals surface area contributed by atoms with Gasteiger partial charge in [-0.2, -0.15) is 0 Å². The smallest absolute Gasteiger partial charge is 0.0298 e. The fourth-order valence-corrected chi connectivity index (χ4v) is 1.51. The van der Waals surface area contributed by atoms with Crippen LogP contribution in [0.3, 0.4) is 0 Å². The zero-order valence-electron chi connectivity index (χ0n) is 8.14. The fraction of sp³-hybridized carbons (Fsp3) is 0.636. The molecule has 1 nitrogen and oxygen atoms in total. The third kappa shape index (κ3) is 3.12. The summed E-state index contributed by atoms with van der Waals surface area (Å²) in [5.74, 6) is 0. The van der Waals surface area contributed by atoms with E-state index in [-0.39, 0.29) is 0 Å². The molecule has 1 aliphatic rings. The van der Waals surface area contributed by atoms with Gasteiger partial charge < -0.3 is 5.32 Å². The molecule has 1 N–H and O–H groups in total. The Kier molecular flexibility index (Phi) is 3.92. The molecule has 1 unspecified atom stereocenters. The minimum atomic E-state index is 0.615. The average molecular weight is 165 g/mol. The van der Waals surface area contributed by atoms with E-state index in [0.29, 0.717) is 6.04 Å². The van der Waals surface area contributed by atoms with Crippen LogP contribution in [0.5, 0.6) is 0 Å². The van der Waals surface area contributed by atoms with Gasteiger partial charge in [0.15, 0.2) is 0 Å². The van der Waals surface area contributed by atoms with Gasteiger partial charge in [0.2, 0.25) is 0 Å². The maximum absolute atomic E-state index is 3.49. The topological polar surface area (TPSA) is 12.0 Å². The van der Waals surface area contributed by atoms with Gasteiger partial charge in [0.05, 0.1) is 0 Å². The second-order valence-electron chi connectivity index (χ2n) is 3.47. The van der Waals surface area contributed by atoms with E-state index in [0.717, 1.165) is 0 Å². The van der Waals surface area contributed by atoms with Crippen LogP contribution < -0.4 is 5.32 Å². The number of hydrogen-bond acceptors (Lipinski definition) is 1. The van der Waals surface area contributed by atoms with Gasteiger partial charge in [0.25, 0.3) is 0 Å². The fourth-order valence-electron chi connectivity index (χ4n) is 1.51. The van der Waals surface area contributed by atoms with E-state index in [1.165, 1.54) is 31.4 Å². The lowest BCUT2D eigenvalue weighted by Gasteiger charge is -2.16. The molecule has 1 aliphatic carbocycles. The maximum atomic E-state index is 3.49. The lowest BCUT2D eigenvalue weighted by Crippen LogP contribution is -2.24. The number of allylic oxidation sites excluding steroid dienone is 3. The van der Waals surface area contributed by atoms with Gasteiger partial charge in [0, 0.05) is 11.7 Å². The molecule has 0 aliphatic heterocycles. The van der Waals surface area contributed by atoms with Crippen LogP contribution in [0.2, 0.25) is 0 Å². The van der Waals surface area contributed by atoms with Crippen LogP contribution in [0.4, 0.5) is 0 Å². The molecule has 1 rings (SSSR count). The standard InChI is InChI=1S/C11H19N/c1-3-7-10(2)12-11-8-5-4-6-9-11/h5,8-10,12H,3-4,6-7H2,1-2H3. The molecule has 0 saturated carbocycles. The van der Waals surface area contributed by atoms with Crippen LogP contribution in [0.15, 0.2) is 23.9 Å². The predicted octanol–water partition coefficient (Wildman–Crippen LogP) is 3.00. The van der Waals surface area contributed by atoms with E-state index in [1.54, 1.807) is 0 Å². The van der Waals surface area contributed by atoms with E-state index >= 15 is 0 Å². The Morgan fingerprint density at radius 1 is 1.50 bits per heavy atom. The van der Waals surface area contributed by atoms with Crippen LogP contribution in [0.25, 0.3) is 0 Å². The molecule has 1 heteroatoms. The van der Waals surface area contributed by atoms with E-state index in [2.05, 4.69) is 37.4 Å². The minimum Gasteiger partial charge on any atom is -0.383 e. The molecular weight excluding hydrogens is 146 g/mol. The zero-order chi connectivity index (χ0) is 8.81. The summed E-state index contributed by atoms with van der Waals surface area (Å²) in [7, 11) is 0. The van der Waals surface area contributed by atoms with Crippen LogP contribution in [0, 0.1) is 0 Å². The predicted molar refractivity (Wildman–Crippen MR) is 54.0 cm³/mol. The first-order valence-corrected chi connectivity index (χ1v) is 4.96. The van der Waals surface area contributed by atoms with Crippen molar-refractivity contribution in [3.63, 3.8) is 0 Å². The number of hydrogen-bond donors (Lipinski definition) is 1. The average Bonchev–Trinajstić information content (AvgIpc) is 2.06. The summed E-state index contributed by atoms with van der Waals surface area (Å²) in [6, 6.07) is 0.615. The van der Waals surface area contributed by atoms with Gasteiger partial charge >= 0.3 is 0 Å². The van der Waals surface area contributed by atoms with Crippen molar-refractivity contribution < 1.29 is 0 Å². The first-order valence-electron chi connectivity index (χ1n) is 4.96. The Bertz CT molecular complexity index is 179. The van der Waals surface area contributed by atoms with E-state index in [1.807, 2.05) is 0 Å². The summed E-state index contributed by atoms with van der Waals surface area (Å²) in [6.45, 7) is 4.47. The van der Waals surface area contributed by atoms with Gasteiger partial charge in [-0.25, -0.2) is 0 Å². The van der Waals surface area contributed by atoms with Crippen molar-refractivity contribution in [1.82, 2.24) is 5.32 Å². The molecule has 0 aromatic carbocycles. The van der Waals surface area contributed by atoms with E-state index < -0.39 is 0 Å². The third-order valence-electron chi connectivity index (χ3n) is 2.13. The Morgan fingerprint density at radius 3 is 2.92 bits per heavy atom. The minimum absolute atomic E-state index is 0.615. The molecule has 12 heavy (non-hydrogen) atoms. The van der Waals surface area contributed by atoms with E-state index in [4.69, 9.17) is 0 Å². The van der Waals surface area contributed by atoms with Crippen molar-refractivity contribution in [1.29, 1.82) is 0 Å². The molecule has 0 aromatic heterocycles.